The lowest BCUT2D eigenvalue weighted by atomic mass is 9.75. The van der Waals surface area contributed by atoms with Crippen molar-refractivity contribution < 1.29 is 9.53 Å². The summed E-state index contributed by atoms with van der Waals surface area (Å²) in [5.41, 5.74) is 0.509. The predicted molar refractivity (Wildman–Crippen MR) is 81.9 cm³/mol. The zero-order valence-electron chi connectivity index (χ0n) is 12.9. The van der Waals surface area contributed by atoms with Crippen LogP contribution in [0.5, 0.6) is 0 Å². The van der Waals surface area contributed by atoms with Gasteiger partial charge in [0.05, 0.1) is 6.10 Å². The third-order valence-electron chi connectivity index (χ3n) is 4.37. The normalized spacial score (nSPS) is 23.6. The summed E-state index contributed by atoms with van der Waals surface area (Å²) < 4.78 is 5.86. The molecule has 110 valence electrons. The molecule has 0 saturated carbocycles. The minimum atomic E-state index is -0.311. The Bertz CT molecular complexity index is 428. The van der Waals surface area contributed by atoms with E-state index >= 15 is 0 Å². The molecular formula is C18H26O2. The Morgan fingerprint density at radius 3 is 2.50 bits per heavy atom. The number of hydrogen-bond donors (Lipinski definition) is 0. The molecular weight excluding hydrogens is 248 g/mol. The molecule has 1 aliphatic heterocycles. The first-order chi connectivity index (χ1) is 9.53. The molecule has 1 fully saturated rings. The number of rotatable bonds is 5. The van der Waals surface area contributed by atoms with Crippen molar-refractivity contribution in [2.24, 2.45) is 11.3 Å². The van der Waals surface area contributed by atoms with E-state index in [1.165, 1.54) is 6.42 Å². The van der Waals surface area contributed by atoms with Crippen LogP contribution in [-0.2, 0) is 4.74 Å². The second-order valence-electron chi connectivity index (χ2n) is 6.59. The summed E-state index contributed by atoms with van der Waals surface area (Å²) in [4.78, 5) is 12.6. The van der Waals surface area contributed by atoms with Gasteiger partial charge in [-0.25, -0.2) is 0 Å². The third-order valence-corrected chi connectivity index (χ3v) is 4.37. The number of carbonyl (C=O) groups is 1. The van der Waals surface area contributed by atoms with Crippen LogP contribution in [-0.4, -0.2) is 18.5 Å². The Kier molecular flexibility index (Phi) is 4.98. The fraction of sp³-hybridized carbons (Fsp3) is 0.611. The first kappa shape index (κ1) is 15.2. The zero-order valence-corrected chi connectivity index (χ0v) is 12.9. The molecule has 1 heterocycles. The van der Waals surface area contributed by atoms with Gasteiger partial charge >= 0.3 is 0 Å². The van der Waals surface area contributed by atoms with Crippen LogP contribution in [0.25, 0.3) is 0 Å². The number of ketones is 1. The monoisotopic (exact) mass is 274 g/mol. The van der Waals surface area contributed by atoms with Crippen molar-refractivity contribution in [3.63, 3.8) is 0 Å². The second-order valence-corrected chi connectivity index (χ2v) is 6.59. The molecule has 20 heavy (non-hydrogen) atoms. The Labute approximate surface area is 122 Å². The molecule has 1 aromatic carbocycles. The summed E-state index contributed by atoms with van der Waals surface area (Å²) in [5.74, 6) is 0.760. The molecule has 2 heteroatoms. The highest BCUT2D eigenvalue weighted by Gasteiger charge is 2.33. The first-order valence-corrected chi connectivity index (χ1v) is 7.74. The second kappa shape index (κ2) is 6.53. The lowest BCUT2D eigenvalue weighted by Crippen LogP contribution is -2.32. The van der Waals surface area contributed by atoms with Crippen molar-refractivity contribution in [3.8, 4) is 0 Å². The van der Waals surface area contributed by atoms with Crippen LogP contribution in [0, 0.1) is 11.3 Å². The molecule has 2 atom stereocenters. The average Bonchev–Trinajstić information content (AvgIpc) is 2.48. The molecule has 0 aliphatic carbocycles. The number of benzene rings is 1. The highest BCUT2D eigenvalue weighted by atomic mass is 16.5. The van der Waals surface area contributed by atoms with Crippen molar-refractivity contribution in [1.29, 1.82) is 0 Å². The quantitative estimate of drug-likeness (QED) is 0.739. The molecule has 0 spiro atoms. The van der Waals surface area contributed by atoms with Crippen molar-refractivity contribution in [1.82, 2.24) is 0 Å². The van der Waals surface area contributed by atoms with Gasteiger partial charge in [0.2, 0.25) is 0 Å². The summed E-state index contributed by atoms with van der Waals surface area (Å²) in [7, 11) is 0. The first-order valence-electron chi connectivity index (χ1n) is 7.74. The maximum atomic E-state index is 12.6. The average molecular weight is 274 g/mol. The topological polar surface area (TPSA) is 26.3 Å². The highest BCUT2D eigenvalue weighted by molar-refractivity contribution is 5.99. The van der Waals surface area contributed by atoms with E-state index in [0.717, 1.165) is 31.4 Å². The Balaban J connectivity index is 1.96. The smallest absolute Gasteiger partial charge is 0.168 e. The van der Waals surface area contributed by atoms with Gasteiger partial charge in [0.15, 0.2) is 5.78 Å². The van der Waals surface area contributed by atoms with E-state index in [2.05, 4.69) is 20.8 Å². The summed E-state index contributed by atoms with van der Waals surface area (Å²) >= 11 is 0. The molecule has 2 unspecified atom stereocenters. The van der Waals surface area contributed by atoms with Crippen LogP contribution in [0.4, 0.5) is 0 Å². The Morgan fingerprint density at radius 1 is 1.25 bits per heavy atom. The fourth-order valence-corrected chi connectivity index (χ4v) is 3.14. The van der Waals surface area contributed by atoms with Crippen LogP contribution in [0.2, 0.25) is 0 Å². The minimum Gasteiger partial charge on any atom is -0.378 e. The van der Waals surface area contributed by atoms with E-state index in [-0.39, 0.29) is 11.2 Å². The fourth-order valence-electron chi connectivity index (χ4n) is 3.14. The van der Waals surface area contributed by atoms with Gasteiger partial charge in [-0.2, -0.15) is 0 Å². The van der Waals surface area contributed by atoms with Crippen LogP contribution in [0.3, 0.4) is 0 Å². The van der Waals surface area contributed by atoms with Crippen LogP contribution >= 0.6 is 0 Å². The van der Waals surface area contributed by atoms with Crippen LogP contribution < -0.4 is 0 Å². The number of ether oxygens (including phenoxy) is 1. The maximum Gasteiger partial charge on any atom is 0.168 e. The number of carbonyl (C=O) groups excluding carboxylic acids is 1. The molecule has 0 radical (unpaired) electrons. The lowest BCUT2D eigenvalue weighted by Gasteiger charge is -2.33. The molecule has 1 aliphatic rings. The summed E-state index contributed by atoms with van der Waals surface area (Å²) in [5, 5.41) is 0. The van der Waals surface area contributed by atoms with Gasteiger partial charge in [0.25, 0.3) is 0 Å². The summed E-state index contributed by atoms with van der Waals surface area (Å²) in [6, 6.07) is 9.63. The Morgan fingerprint density at radius 2 is 1.95 bits per heavy atom. The molecule has 0 amide bonds. The molecule has 1 saturated heterocycles. The van der Waals surface area contributed by atoms with E-state index in [4.69, 9.17) is 4.74 Å². The van der Waals surface area contributed by atoms with Gasteiger partial charge in [-0.05, 0) is 31.6 Å². The minimum absolute atomic E-state index is 0.246. The van der Waals surface area contributed by atoms with Gasteiger partial charge in [-0.3, -0.25) is 4.79 Å². The Hall–Kier alpha value is -1.15. The van der Waals surface area contributed by atoms with Crippen LogP contribution in [0.15, 0.2) is 30.3 Å². The van der Waals surface area contributed by atoms with Crippen molar-refractivity contribution >= 4 is 5.78 Å². The van der Waals surface area contributed by atoms with Gasteiger partial charge in [-0.15, -0.1) is 0 Å². The lowest BCUT2D eigenvalue weighted by molar-refractivity contribution is -0.0262. The number of Topliss-reactive ketones (excluding diaryl/α,β-unsaturated/α-hetero) is 1. The van der Waals surface area contributed by atoms with Crippen LogP contribution in [0.1, 0.15) is 56.8 Å². The summed E-state index contributed by atoms with van der Waals surface area (Å²) in [6.45, 7) is 7.11. The predicted octanol–water partition coefficient (Wildman–Crippen LogP) is 4.49. The van der Waals surface area contributed by atoms with Crippen molar-refractivity contribution in [2.75, 3.05) is 6.61 Å². The van der Waals surface area contributed by atoms with Gasteiger partial charge in [0.1, 0.15) is 0 Å². The number of hydrogen-bond acceptors (Lipinski definition) is 2. The largest absolute Gasteiger partial charge is 0.378 e. The van der Waals surface area contributed by atoms with E-state index in [1.807, 2.05) is 30.3 Å². The highest BCUT2D eigenvalue weighted by Crippen LogP contribution is 2.34. The molecule has 0 N–H and O–H groups in total. The maximum absolute atomic E-state index is 12.6. The standard InChI is InChI=1S/C18H26O2/c1-4-16-11-10-14(13-20-16)12-18(2,3)17(19)15-8-6-5-7-9-15/h5-9,14,16H,4,10-13H2,1-3H3. The molecule has 2 rings (SSSR count). The van der Waals surface area contributed by atoms with Gasteiger partial charge in [-0.1, -0.05) is 51.1 Å². The van der Waals surface area contributed by atoms with E-state index in [9.17, 15) is 4.79 Å². The van der Waals surface area contributed by atoms with Crippen molar-refractivity contribution in [2.45, 2.75) is 52.6 Å². The molecule has 2 nitrogen and oxygen atoms in total. The van der Waals surface area contributed by atoms with E-state index in [0.29, 0.717) is 12.0 Å². The third kappa shape index (κ3) is 3.69. The molecule has 0 aromatic heterocycles. The van der Waals surface area contributed by atoms with E-state index in [1.54, 1.807) is 0 Å². The SMILES string of the molecule is CCC1CCC(CC(C)(C)C(=O)c2ccccc2)CO1. The van der Waals surface area contributed by atoms with Gasteiger partial charge in [0, 0.05) is 17.6 Å². The summed E-state index contributed by atoms with van der Waals surface area (Å²) in [6.07, 6.45) is 4.76. The van der Waals surface area contributed by atoms with E-state index < -0.39 is 0 Å². The van der Waals surface area contributed by atoms with Crippen molar-refractivity contribution in [3.05, 3.63) is 35.9 Å². The molecule has 1 aromatic rings. The zero-order chi connectivity index (χ0) is 14.6. The molecule has 0 bridgehead atoms. The van der Waals surface area contributed by atoms with Gasteiger partial charge < -0.3 is 4.74 Å².